The van der Waals surface area contributed by atoms with Crippen LogP contribution in [0.2, 0.25) is 0 Å². The number of likely N-dealkylation sites (N-methyl/N-ethyl adjacent to an activating group) is 1. The molecule has 0 bridgehead atoms. The number of hydrogen-bond acceptors (Lipinski definition) is 4. The molecular weight excluding hydrogens is 358 g/mol. The molecule has 0 saturated heterocycles. The number of rotatable bonds is 6. The van der Waals surface area contributed by atoms with E-state index in [9.17, 15) is 13.2 Å². The van der Waals surface area contributed by atoms with E-state index in [0.29, 0.717) is 22.3 Å². The molecule has 0 aromatic heterocycles. The van der Waals surface area contributed by atoms with Gasteiger partial charge in [-0.1, -0.05) is 22.9 Å². The number of hydrogen-bond donors (Lipinski definition) is 2. The van der Waals surface area contributed by atoms with E-state index < -0.39 is 10.0 Å². The van der Waals surface area contributed by atoms with Crippen LogP contribution in [0.1, 0.15) is 18.9 Å². The van der Waals surface area contributed by atoms with Crippen molar-refractivity contribution < 1.29 is 13.2 Å². The molecule has 0 fully saturated rings. The van der Waals surface area contributed by atoms with Gasteiger partial charge in [-0.3, -0.25) is 4.79 Å². The fraction of sp³-hybridized carbons (Fsp3) is 0.462. The predicted octanol–water partition coefficient (Wildman–Crippen LogP) is 1.49. The lowest BCUT2D eigenvalue weighted by Gasteiger charge is -2.19. The van der Waals surface area contributed by atoms with Crippen molar-refractivity contribution in [3.05, 3.63) is 22.2 Å². The van der Waals surface area contributed by atoms with E-state index in [1.165, 1.54) is 13.1 Å². The van der Waals surface area contributed by atoms with Crippen LogP contribution < -0.4 is 11.1 Å². The van der Waals surface area contributed by atoms with Gasteiger partial charge in [0.1, 0.15) is 0 Å². The molecule has 0 heterocycles. The van der Waals surface area contributed by atoms with Crippen LogP contribution in [-0.2, 0) is 14.8 Å². The van der Waals surface area contributed by atoms with Crippen molar-refractivity contribution in [1.82, 2.24) is 9.62 Å². The zero-order valence-corrected chi connectivity index (χ0v) is 14.7. The number of halogens is 1. The van der Waals surface area contributed by atoms with Gasteiger partial charge in [-0.15, -0.1) is 0 Å². The van der Waals surface area contributed by atoms with Crippen molar-refractivity contribution in [3.63, 3.8) is 0 Å². The van der Waals surface area contributed by atoms with Crippen LogP contribution in [0, 0.1) is 6.92 Å². The standard InChI is InChI=1S/C13H20BrN3O3S/c1-4-5-16-13(18)8-17(3)21(19,20)12-7-10(14)6-11(15)9(12)2/h6-7H,4-5,8,15H2,1-3H3,(H,16,18). The molecule has 0 spiro atoms. The van der Waals surface area contributed by atoms with Crippen molar-refractivity contribution in [1.29, 1.82) is 0 Å². The number of nitrogen functional groups attached to an aromatic ring is 1. The summed E-state index contributed by atoms with van der Waals surface area (Å²) in [6.45, 7) is 3.86. The van der Waals surface area contributed by atoms with Crippen molar-refractivity contribution in [3.8, 4) is 0 Å². The quantitative estimate of drug-likeness (QED) is 0.734. The molecule has 1 rings (SSSR count). The van der Waals surface area contributed by atoms with Gasteiger partial charge in [0.15, 0.2) is 0 Å². The van der Waals surface area contributed by atoms with Crippen LogP contribution in [0.25, 0.3) is 0 Å². The molecule has 3 N–H and O–H groups in total. The number of carbonyl (C=O) groups excluding carboxylic acids is 1. The van der Waals surface area contributed by atoms with E-state index in [2.05, 4.69) is 21.2 Å². The Balaban J connectivity index is 3.03. The fourth-order valence-electron chi connectivity index (χ4n) is 1.72. The number of benzene rings is 1. The van der Waals surface area contributed by atoms with Gasteiger partial charge >= 0.3 is 0 Å². The van der Waals surface area contributed by atoms with Crippen LogP contribution in [0.3, 0.4) is 0 Å². The van der Waals surface area contributed by atoms with E-state index >= 15 is 0 Å². The zero-order valence-electron chi connectivity index (χ0n) is 12.3. The van der Waals surface area contributed by atoms with Crippen LogP contribution >= 0.6 is 15.9 Å². The van der Waals surface area contributed by atoms with Gasteiger partial charge in [0.25, 0.3) is 0 Å². The van der Waals surface area contributed by atoms with Gasteiger partial charge in [-0.2, -0.15) is 4.31 Å². The summed E-state index contributed by atoms with van der Waals surface area (Å²) in [5.41, 5.74) is 6.65. The fourth-order valence-corrected chi connectivity index (χ4v) is 3.75. The minimum atomic E-state index is -3.77. The van der Waals surface area contributed by atoms with E-state index in [-0.39, 0.29) is 17.3 Å². The number of amides is 1. The molecule has 0 aliphatic carbocycles. The second-order valence-corrected chi connectivity index (χ2v) is 7.66. The van der Waals surface area contributed by atoms with Crippen molar-refractivity contribution in [2.24, 2.45) is 0 Å². The number of anilines is 1. The summed E-state index contributed by atoms with van der Waals surface area (Å²) in [6.07, 6.45) is 0.795. The van der Waals surface area contributed by atoms with E-state index in [1.54, 1.807) is 13.0 Å². The van der Waals surface area contributed by atoms with Gasteiger partial charge < -0.3 is 11.1 Å². The van der Waals surface area contributed by atoms with Crippen molar-refractivity contribution in [2.45, 2.75) is 25.2 Å². The third-order valence-corrected chi connectivity index (χ3v) is 5.38. The van der Waals surface area contributed by atoms with Gasteiger partial charge in [0.2, 0.25) is 15.9 Å². The van der Waals surface area contributed by atoms with Gasteiger partial charge in [-0.05, 0) is 31.0 Å². The molecule has 1 aromatic rings. The predicted molar refractivity (Wildman–Crippen MR) is 86.4 cm³/mol. The largest absolute Gasteiger partial charge is 0.398 e. The average molecular weight is 378 g/mol. The average Bonchev–Trinajstić information content (AvgIpc) is 2.40. The number of nitrogens with two attached hydrogens (primary N) is 1. The Kier molecular flexibility index (Phi) is 6.18. The SMILES string of the molecule is CCCNC(=O)CN(C)S(=O)(=O)c1cc(Br)cc(N)c1C. The number of nitrogens with zero attached hydrogens (tertiary/aromatic N) is 1. The van der Waals surface area contributed by atoms with Gasteiger partial charge in [0.05, 0.1) is 11.4 Å². The molecule has 0 aliphatic rings. The Hall–Kier alpha value is -1.12. The lowest BCUT2D eigenvalue weighted by Crippen LogP contribution is -2.38. The number of nitrogens with one attached hydrogen (secondary N) is 1. The summed E-state index contributed by atoms with van der Waals surface area (Å²) in [6, 6.07) is 3.13. The third-order valence-electron chi connectivity index (χ3n) is 2.99. The van der Waals surface area contributed by atoms with Crippen LogP contribution in [0.4, 0.5) is 5.69 Å². The number of sulfonamides is 1. The maximum Gasteiger partial charge on any atom is 0.243 e. The van der Waals surface area contributed by atoms with Gasteiger partial charge in [0, 0.05) is 23.8 Å². The molecule has 0 radical (unpaired) electrons. The molecule has 0 atom stereocenters. The Morgan fingerprint density at radius 1 is 1.43 bits per heavy atom. The number of carbonyl (C=O) groups is 1. The van der Waals surface area contributed by atoms with Crippen LogP contribution in [-0.4, -0.2) is 38.8 Å². The van der Waals surface area contributed by atoms with Crippen LogP contribution in [0.5, 0.6) is 0 Å². The second kappa shape index (κ2) is 7.24. The Morgan fingerprint density at radius 3 is 2.62 bits per heavy atom. The normalized spacial score (nSPS) is 11.7. The molecule has 118 valence electrons. The smallest absolute Gasteiger partial charge is 0.243 e. The van der Waals surface area contributed by atoms with Crippen LogP contribution in [0.15, 0.2) is 21.5 Å². The van der Waals surface area contributed by atoms with E-state index in [1.807, 2.05) is 6.92 Å². The lowest BCUT2D eigenvalue weighted by atomic mass is 10.2. The maximum absolute atomic E-state index is 12.5. The van der Waals surface area contributed by atoms with Gasteiger partial charge in [-0.25, -0.2) is 8.42 Å². The summed E-state index contributed by atoms with van der Waals surface area (Å²) in [5, 5.41) is 2.65. The second-order valence-electron chi connectivity index (χ2n) is 4.73. The Labute approximate surface area is 133 Å². The molecule has 0 aliphatic heterocycles. The third kappa shape index (κ3) is 4.42. The first-order valence-electron chi connectivity index (χ1n) is 6.48. The maximum atomic E-state index is 12.5. The molecule has 0 saturated carbocycles. The summed E-state index contributed by atoms with van der Waals surface area (Å²) in [7, 11) is -2.40. The monoisotopic (exact) mass is 377 g/mol. The van der Waals surface area contributed by atoms with E-state index in [4.69, 9.17) is 5.73 Å². The highest BCUT2D eigenvalue weighted by Gasteiger charge is 2.25. The summed E-state index contributed by atoms with van der Waals surface area (Å²) in [4.78, 5) is 11.8. The minimum Gasteiger partial charge on any atom is -0.398 e. The zero-order chi connectivity index (χ0) is 16.2. The first-order valence-corrected chi connectivity index (χ1v) is 8.72. The van der Waals surface area contributed by atoms with Crippen molar-refractivity contribution >= 4 is 37.5 Å². The molecule has 1 amide bonds. The lowest BCUT2D eigenvalue weighted by molar-refractivity contribution is -0.121. The first-order chi connectivity index (χ1) is 9.70. The molecular formula is C13H20BrN3O3S. The summed E-state index contributed by atoms with van der Waals surface area (Å²) in [5.74, 6) is -0.330. The molecule has 6 nitrogen and oxygen atoms in total. The first kappa shape index (κ1) is 17.9. The molecule has 21 heavy (non-hydrogen) atoms. The Morgan fingerprint density at radius 2 is 2.05 bits per heavy atom. The summed E-state index contributed by atoms with van der Waals surface area (Å²) >= 11 is 3.23. The highest BCUT2D eigenvalue weighted by Crippen LogP contribution is 2.27. The summed E-state index contributed by atoms with van der Waals surface area (Å²) < 4.78 is 26.7. The Bertz CT molecular complexity index is 632. The van der Waals surface area contributed by atoms with E-state index in [0.717, 1.165) is 10.7 Å². The topological polar surface area (TPSA) is 92.5 Å². The molecule has 1 aromatic carbocycles. The molecule has 0 unspecified atom stereocenters. The van der Waals surface area contributed by atoms with Crippen molar-refractivity contribution in [2.75, 3.05) is 25.9 Å². The highest BCUT2D eigenvalue weighted by atomic mass is 79.9. The highest BCUT2D eigenvalue weighted by molar-refractivity contribution is 9.10. The molecule has 8 heteroatoms. The minimum absolute atomic E-state index is 0.0974.